The Balaban J connectivity index is 4.15. The van der Waals surface area contributed by atoms with Crippen LogP contribution in [0.15, 0.2) is 0 Å². The fourth-order valence-corrected chi connectivity index (χ4v) is 0.463. The molecule has 80 valence electrons. The normalized spacial score (nSPS) is 18.5. The fraction of sp³-hybridized carbons (Fsp3) is 1.00. The summed E-state index contributed by atoms with van der Waals surface area (Å²) < 4.78 is 80.2. The van der Waals surface area contributed by atoms with E-state index in [0.29, 0.717) is 0 Å². The summed E-state index contributed by atoms with van der Waals surface area (Å²) in [7, 11) is 0. The zero-order chi connectivity index (χ0) is 10.9. The lowest BCUT2D eigenvalue weighted by molar-refractivity contribution is -0.232. The summed E-state index contributed by atoms with van der Waals surface area (Å²) in [5.74, 6) is 0. The maximum atomic E-state index is 11.9. The molecule has 0 radical (unpaired) electrons. The number of halogens is 7. The van der Waals surface area contributed by atoms with E-state index in [4.69, 9.17) is 5.11 Å². The Morgan fingerprint density at radius 3 is 1.54 bits per heavy atom. The summed E-state index contributed by atoms with van der Waals surface area (Å²) >= 11 is 0. The van der Waals surface area contributed by atoms with E-state index < -0.39 is 31.0 Å². The van der Waals surface area contributed by atoms with Crippen LogP contribution < -0.4 is 0 Å². The van der Waals surface area contributed by atoms with Crippen molar-refractivity contribution in [3.8, 4) is 0 Å². The third kappa shape index (κ3) is 4.30. The van der Waals surface area contributed by atoms with Crippen LogP contribution in [0, 0.1) is 0 Å². The van der Waals surface area contributed by atoms with E-state index in [9.17, 15) is 30.7 Å². The second-order valence-electron chi connectivity index (χ2n) is 2.30. The maximum Gasteiger partial charge on any atom is 0.419 e. The van der Waals surface area contributed by atoms with E-state index >= 15 is 0 Å². The Kier molecular flexibility index (Phi) is 3.54. The molecule has 0 heterocycles. The van der Waals surface area contributed by atoms with Gasteiger partial charge in [0.1, 0.15) is 0 Å². The quantitative estimate of drug-likeness (QED) is 0.698. The van der Waals surface area contributed by atoms with Crippen molar-refractivity contribution in [2.45, 2.75) is 31.0 Å². The average molecular weight is 214 g/mol. The first-order valence-corrected chi connectivity index (χ1v) is 3.00. The highest BCUT2D eigenvalue weighted by Crippen LogP contribution is 2.31. The molecule has 1 nitrogen and oxygen atoms in total. The summed E-state index contributed by atoms with van der Waals surface area (Å²) in [6, 6.07) is 0. The summed E-state index contributed by atoms with van der Waals surface area (Å²) in [6.07, 6.45) is -19.6. The smallest absolute Gasteiger partial charge is 0.384 e. The highest BCUT2D eigenvalue weighted by molar-refractivity contribution is 4.74. The second-order valence-corrected chi connectivity index (χ2v) is 2.30. The lowest BCUT2D eigenvalue weighted by Gasteiger charge is -2.18. The Morgan fingerprint density at radius 1 is 0.923 bits per heavy atom. The van der Waals surface area contributed by atoms with Gasteiger partial charge >= 0.3 is 12.4 Å². The molecule has 0 rings (SSSR count). The highest BCUT2D eigenvalue weighted by Gasteiger charge is 2.47. The highest BCUT2D eigenvalue weighted by atomic mass is 19.4. The molecule has 0 amide bonds. The molecule has 0 saturated carbocycles. The molecule has 2 atom stereocenters. The number of alkyl halides is 7. The van der Waals surface area contributed by atoms with Gasteiger partial charge in [0.25, 0.3) is 0 Å². The van der Waals surface area contributed by atoms with Gasteiger partial charge < -0.3 is 5.11 Å². The molecule has 1 N–H and O–H groups in total. The molecule has 13 heavy (non-hydrogen) atoms. The van der Waals surface area contributed by atoms with Gasteiger partial charge in [-0.05, 0) is 0 Å². The lowest BCUT2D eigenvalue weighted by atomic mass is 10.1. The van der Waals surface area contributed by atoms with E-state index in [-0.39, 0.29) is 0 Å². The number of hydrogen-bond acceptors (Lipinski definition) is 1. The van der Waals surface area contributed by atoms with Crippen molar-refractivity contribution in [1.82, 2.24) is 0 Å². The van der Waals surface area contributed by atoms with Gasteiger partial charge in [0.05, 0.1) is 0 Å². The maximum absolute atomic E-state index is 11.9. The van der Waals surface area contributed by atoms with Crippen LogP contribution in [0.2, 0.25) is 0 Å². The molecule has 0 aliphatic heterocycles. The third-order valence-corrected chi connectivity index (χ3v) is 1.16. The minimum atomic E-state index is -5.37. The van der Waals surface area contributed by atoms with Gasteiger partial charge in [-0.15, -0.1) is 0 Å². The van der Waals surface area contributed by atoms with Gasteiger partial charge in [0, 0.05) is 6.42 Å². The molecule has 0 bridgehead atoms. The minimum Gasteiger partial charge on any atom is -0.384 e. The first-order valence-electron chi connectivity index (χ1n) is 3.00. The van der Waals surface area contributed by atoms with Crippen LogP contribution in [0.25, 0.3) is 0 Å². The zero-order valence-electron chi connectivity index (χ0n) is 5.95. The molecular weight excluding hydrogens is 209 g/mol. The molecule has 2 unspecified atom stereocenters. The van der Waals surface area contributed by atoms with Crippen molar-refractivity contribution in [2.24, 2.45) is 0 Å². The van der Waals surface area contributed by atoms with Crippen LogP contribution in [-0.2, 0) is 0 Å². The third-order valence-electron chi connectivity index (χ3n) is 1.16. The average Bonchev–Trinajstić information content (AvgIpc) is 1.82. The van der Waals surface area contributed by atoms with Crippen LogP contribution in [0.1, 0.15) is 6.42 Å². The predicted octanol–water partition coefficient (Wildman–Crippen LogP) is 2.20. The summed E-state index contributed by atoms with van der Waals surface area (Å²) in [5, 5.41) is 8.05. The molecule has 0 aromatic rings. The molecule has 0 aromatic heterocycles. The number of hydrogen-bond donors (Lipinski definition) is 1. The summed E-state index contributed by atoms with van der Waals surface area (Å²) in [4.78, 5) is 0. The van der Waals surface area contributed by atoms with Crippen LogP contribution in [0.3, 0.4) is 0 Å². The number of aliphatic hydroxyl groups excluding tert-OH is 1. The fourth-order valence-electron chi connectivity index (χ4n) is 0.463. The SMILES string of the molecule is OC(CC(F)C(F)(F)F)C(F)(F)F. The molecule has 0 aliphatic rings. The van der Waals surface area contributed by atoms with Gasteiger partial charge in [-0.25, -0.2) is 4.39 Å². The molecule has 0 fully saturated rings. The monoisotopic (exact) mass is 214 g/mol. The Hall–Kier alpha value is -0.530. The van der Waals surface area contributed by atoms with Crippen molar-refractivity contribution < 1.29 is 35.8 Å². The van der Waals surface area contributed by atoms with Crippen LogP contribution >= 0.6 is 0 Å². The van der Waals surface area contributed by atoms with Gasteiger partial charge in [0.2, 0.25) is 0 Å². The van der Waals surface area contributed by atoms with Gasteiger partial charge in [-0.2, -0.15) is 26.3 Å². The second kappa shape index (κ2) is 3.69. The van der Waals surface area contributed by atoms with Crippen molar-refractivity contribution in [3.05, 3.63) is 0 Å². The number of rotatable bonds is 2. The molecule has 0 aromatic carbocycles. The predicted molar refractivity (Wildman–Crippen MR) is 27.6 cm³/mol. The van der Waals surface area contributed by atoms with Gasteiger partial charge in [0.15, 0.2) is 12.3 Å². The molecule has 8 heteroatoms. The lowest BCUT2D eigenvalue weighted by Crippen LogP contribution is -2.36. The van der Waals surface area contributed by atoms with Crippen molar-refractivity contribution in [2.75, 3.05) is 0 Å². The molecule has 0 spiro atoms. The van der Waals surface area contributed by atoms with Crippen molar-refractivity contribution in [3.63, 3.8) is 0 Å². The van der Waals surface area contributed by atoms with Crippen LogP contribution in [0.4, 0.5) is 30.7 Å². The summed E-state index contributed by atoms with van der Waals surface area (Å²) in [6.45, 7) is 0. The molecule has 0 saturated heterocycles. The Labute approximate surface area is 68.2 Å². The topological polar surface area (TPSA) is 20.2 Å². The van der Waals surface area contributed by atoms with Crippen LogP contribution in [-0.4, -0.2) is 29.7 Å². The van der Waals surface area contributed by atoms with E-state index in [1.165, 1.54) is 0 Å². The van der Waals surface area contributed by atoms with Crippen LogP contribution in [0.5, 0.6) is 0 Å². The van der Waals surface area contributed by atoms with E-state index in [1.54, 1.807) is 0 Å². The van der Waals surface area contributed by atoms with Gasteiger partial charge in [-0.3, -0.25) is 0 Å². The molecular formula is C5H5F7O. The van der Waals surface area contributed by atoms with Gasteiger partial charge in [-0.1, -0.05) is 0 Å². The van der Waals surface area contributed by atoms with Crippen molar-refractivity contribution >= 4 is 0 Å². The summed E-state index contributed by atoms with van der Waals surface area (Å²) in [5.41, 5.74) is 0. The van der Waals surface area contributed by atoms with E-state index in [1.807, 2.05) is 0 Å². The molecule has 0 aliphatic carbocycles. The largest absolute Gasteiger partial charge is 0.419 e. The first kappa shape index (κ1) is 12.5. The standard InChI is InChI=1S/C5H5F7O/c6-2(4(7,8)9)1-3(13)5(10,11)12/h2-3,13H,1H2. The van der Waals surface area contributed by atoms with Crippen molar-refractivity contribution in [1.29, 1.82) is 0 Å². The van der Waals surface area contributed by atoms with E-state index in [0.717, 1.165) is 0 Å². The zero-order valence-corrected chi connectivity index (χ0v) is 5.95. The first-order chi connectivity index (χ1) is 5.55. The Morgan fingerprint density at radius 2 is 1.31 bits per heavy atom. The Bertz CT molecular complexity index is 141. The number of aliphatic hydroxyl groups is 1. The van der Waals surface area contributed by atoms with E-state index in [2.05, 4.69) is 0 Å². The minimum absolute atomic E-state index is 2.02.